The number of nitriles is 1. The summed E-state index contributed by atoms with van der Waals surface area (Å²) in [5.41, 5.74) is 6.56. The molecule has 0 saturated carbocycles. The van der Waals surface area contributed by atoms with Crippen LogP contribution in [0.4, 0.5) is 4.39 Å². The average Bonchev–Trinajstić information content (AvgIpc) is 3.02. The number of nitrogens with zero attached hydrogens (tertiary/aromatic N) is 5. The van der Waals surface area contributed by atoms with Gasteiger partial charge in [0.2, 0.25) is 0 Å². The van der Waals surface area contributed by atoms with E-state index in [1.807, 2.05) is 6.07 Å². The number of carbonyl (C=O) groups is 1. The molecule has 0 amide bonds. The van der Waals surface area contributed by atoms with Gasteiger partial charge in [-0.05, 0) is 64.3 Å². The minimum atomic E-state index is -2.90. The van der Waals surface area contributed by atoms with Gasteiger partial charge < -0.3 is 5.73 Å². The van der Waals surface area contributed by atoms with E-state index in [1.165, 1.54) is 18.3 Å². The molecule has 35 heavy (non-hydrogen) atoms. The molecule has 2 aliphatic rings. The summed E-state index contributed by atoms with van der Waals surface area (Å²) in [4.78, 5) is 26.3. The molecule has 0 aliphatic carbocycles. The smallest absolute Gasteiger partial charge is 0.187 e. The van der Waals surface area contributed by atoms with Gasteiger partial charge in [0.25, 0.3) is 0 Å². The number of hydrogen-bond acceptors (Lipinski definition) is 8. The third-order valence-corrected chi connectivity index (χ3v) is 10.8. The first-order valence-corrected chi connectivity index (χ1v) is 13.1. The number of aryl methyl sites for hydroxylation is 1. The van der Waals surface area contributed by atoms with Crippen LogP contribution in [0.3, 0.4) is 0 Å². The Bertz CT molecular complexity index is 1400. The van der Waals surface area contributed by atoms with Crippen molar-refractivity contribution in [3.05, 3.63) is 58.4 Å². The standard InChI is InChI=1S/C25H29FN6O2S/c1-15-11-16(13-27)14-29-21(15)19(33)12-17-8-9-18(26)22(31-17)25(4)20-7-5-6-10-30-35(20,34)24(2,3)23(28)32-25/h8-9,11,14,20H,5-7,10,12H2,1-4H3,(H2,28,32)/t20-,25-,35+/m0/s1. The first kappa shape index (κ1) is 24.9. The zero-order valence-electron chi connectivity index (χ0n) is 20.3. The summed E-state index contributed by atoms with van der Waals surface area (Å²) < 4.78 is 33.3. The molecule has 0 spiro atoms. The number of rotatable bonds is 4. The molecule has 0 fully saturated rings. The Kier molecular flexibility index (Phi) is 6.26. The fraction of sp³-hybridized carbons (Fsp3) is 0.480. The van der Waals surface area contributed by atoms with Gasteiger partial charge in [0.1, 0.15) is 39.4 Å². The number of aliphatic imine (C=N–C) groups is 1. The molecular weight excluding hydrogens is 467 g/mol. The van der Waals surface area contributed by atoms with Crippen LogP contribution in [0.2, 0.25) is 0 Å². The monoisotopic (exact) mass is 496 g/mol. The Hall–Kier alpha value is -3.19. The summed E-state index contributed by atoms with van der Waals surface area (Å²) in [5, 5.41) is 8.46. The number of fused-ring (bicyclic) bond motifs is 1. The van der Waals surface area contributed by atoms with E-state index in [2.05, 4.69) is 14.3 Å². The number of Topliss-reactive ketones (excluding diaryl/α,β-unsaturated/α-hetero) is 1. The van der Waals surface area contributed by atoms with Gasteiger partial charge in [-0.2, -0.15) is 5.26 Å². The van der Waals surface area contributed by atoms with E-state index in [9.17, 15) is 9.00 Å². The quantitative estimate of drug-likeness (QED) is 0.643. The second-order valence-corrected chi connectivity index (χ2v) is 12.8. The number of ketones is 1. The molecular formula is C25H29FN6O2S. The first-order valence-electron chi connectivity index (χ1n) is 11.6. The topological polar surface area (TPSA) is 134 Å². The fourth-order valence-electron chi connectivity index (χ4n) is 4.92. The van der Waals surface area contributed by atoms with Crippen LogP contribution >= 0.6 is 0 Å². The summed E-state index contributed by atoms with van der Waals surface area (Å²) in [6, 6.07) is 6.30. The maximum absolute atomic E-state index is 15.3. The molecule has 0 bridgehead atoms. The molecule has 2 N–H and O–H groups in total. The van der Waals surface area contributed by atoms with Gasteiger partial charge in [-0.25, -0.2) is 13.0 Å². The van der Waals surface area contributed by atoms with Gasteiger partial charge in [-0.1, -0.05) is 6.42 Å². The predicted molar refractivity (Wildman–Crippen MR) is 132 cm³/mol. The molecule has 3 atom stereocenters. The molecule has 2 aromatic heterocycles. The highest BCUT2D eigenvalue weighted by molar-refractivity contribution is 7.96. The van der Waals surface area contributed by atoms with Crippen LogP contribution in [0.15, 0.2) is 33.8 Å². The van der Waals surface area contributed by atoms with Crippen molar-refractivity contribution >= 4 is 21.3 Å². The van der Waals surface area contributed by atoms with Crippen LogP contribution in [0.5, 0.6) is 0 Å². The summed E-state index contributed by atoms with van der Waals surface area (Å²) in [6.07, 6.45) is 3.37. The van der Waals surface area contributed by atoms with E-state index < -0.39 is 31.1 Å². The largest absolute Gasteiger partial charge is 0.386 e. The van der Waals surface area contributed by atoms with Crippen molar-refractivity contribution in [1.82, 2.24) is 9.97 Å². The molecule has 2 aliphatic heterocycles. The van der Waals surface area contributed by atoms with Gasteiger partial charge in [-0.3, -0.25) is 19.8 Å². The van der Waals surface area contributed by atoms with Crippen molar-refractivity contribution in [2.24, 2.45) is 15.1 Å². The average molecular weight is 497 g/mol. The minimum absolute atomic E-state index is 0.0144. The third-order valence-electron chi connectivity index (χ3n) is 7.07. The molecule has 0 radical (unpaired) electrons. The molecule has 0 saturated heterocycles. The van der Waals surface area contributed by atoms with Crippen LogP contribution in [0.25, 0.3) is 0 Å². The molecule has 8 nitrogen and oxygen atoms in total. The second-order valence-electron chi connectivity index (χ2n) is 9.79. The number of halogens is 1. The van der Waals surface area contributed by atoms with Gasteiger partial charge in [0, 0.05) is 18.4 Å². The number of hydrogen-bond donors (Lipinski definition) is 1. The molecule has 184 valence electrons. The van der Waals surface area contributed by atoms with Crippen molar-refractivity contribution in [2.45, 2.75) is 68.9 Å². The minimum Gasteiger partial charge on any atom is -0.386 e. The van der Waals surface area contributed by atoms with Crippen molar-refractivity contribution in [3.8, 4) is 6.07 Å². The van der Waals surface area contributed by atoms with Crippen LogP contribution in [-0.4, -0.2) is 42.3 Å². The highest BCUT2D eigenvalue weighted by atomic mass is 32.2. The van der Waals surface area contributed by atoms with E-state index in [4.69, 9.17) is 16.0 Å². The number of carbonyl (C=O) groups excluding carboxylic acids is 1. The van der Waals surface area contributed by atoms with Crippen molar-refractivity contribution in [1.29, 1.82) is 5.26 Å². The Balaban J connectivity index is 1.78. The van der Waals surface area contributed by atoms with Gasteiger partial charge in [0.05, 0.1) is 27.0 Å². The Labute approximate surface area is 205 Å². The molecule has 4 rings (SSSR count). The predicted octanol–water partition coefficient (Wildman–Crippen LogP) is 3.61. The highest BCUT2D eigenvalue weighted by Gasteiger charge is 2.56. The summed E-state index contributed by atoms with van der Waals surface area (Å²) >= 11 is 0. The Morgan fingerprint density at radius 1 is 1.31 bits per heavy atom. The lowest BCUT2D eigenvalue weighted by Crippen LogP contribution is -2.59. The molecule has 0 aromatic carbocycles. The molecule has 0 unspecified atom stereocenters. The SMILES string of the molecule is Cc1cc(C#N)cnc1C(=O)Cc1ccc(F)c([C@@]2(C)N=C(N)C(C)(C)[S@@]3(=O)=NCCCC[C@@H]23)n1. The van der Waals surface area contributed by atoms with E-state index >= 15 is 4.39 Å². The summed E-state index contributed by atoms with van der Waals surface area (Å²) in [6.45, 7) is 7.44. The Morgan fingerprint density at radius 2 is 2.06 bits per heavy atom. The van der Waals surface area contributed by atoms with Crippen molar-refractivity contribution in [2.75, 3.05) is 6.54 Å². The highest BCUT2D eigenvalue weighted by Crippen LogP contribution is 2.46. The number of pyridine rings is 2. The van der Waals surface area contributed by atoms with Gasteiger partial charge in [-0.15, -0.1) is 0 Å². The van der Waals surface area contributed by atoms with E-state index in [-0.39, 0.29) is 29.4 Å². The van der Waals surface area contributed by atoms with Crippen molar-refractivity contribution < 1.29 is 13.4 Å². The summed E-state index contributed by atoms with van der Waals surface area (Å²) in [5.74, 6) is -0.742. The van der Waals surface area contributed by atoms with E-state index in [0.717, 1.165) is 12.8 Å². The Morgan fingerprint density at radius 3 is 2.74 bits per heavy atom. The molecule has 10 heteroatoms. The maximum Gasteiger partial charge on any atom is 0.187 e. The number of aromatic nitrogens is 2. The second kappa shape index (κ2) is 8.79. The van der Waals surface area contributed by atoms with Crippen LogP contribution < -0.4 is 5.73 Å². The summed E-state index contributed by atoms with van der Waals surface area (Å²) in [7, 11) is -2.90. The fourth-order valence-corrected chi connectivity index (χ4v) is 8.16. The lowest BCUT2D eigenvalue weighted by molar-refractivity contribution is 0.0986. The van der Waals surface area contributed by atoms with E-state index in [0.29, 0.717) is 29.8 Å². The third kappa shape index (κ3) is 4.01. The lowest BCUT2D eigenvalue weighted by Gasteiger charge is -2.46. The van der Waals surface area contributed by atoms with Crippen molar-refractivity contribution in [3.63, 3.8) is 0 Å². The van der Waals surface area contributed by atoms with Crippen LogP contribution in [0.1, 0.15) is 73.0 Å². The van der Waals surface area contributed by atoms with Crippen LogP contribution in [-0.2, 0) is 21.7 Å². The van der Waals surface area contributed by atoms with Gasteiger partial charge >= 0.3 is 0 Å². The molecule has 2 aromatic rings. The van der Waals surface area contributed by atoms with E-state index in [1.54, 1.807) is 33.8 Å². The zero-order valence-corrected chi connectivity index (χ0v) is 21.2. The zero-order chi connectivity index (χ0) is 25.6. The maximum atomic E-state index is 15.3. The number of amidine groups is 1. The van der Waals surface area contributed by atoms with Gasteiger partial charge in [0.15, 0.2) is 5.78 Å². The first-order chi connectivity index (χ1) is 16.4. The normalized spacial score (nSPS) is 27.5. The molecule has 4 heterocycles. The van der Waals surface area contributed by atoms with Crippen LogP contribution in [0, 0.1) is 24.1 Å². The number of nitrogens with two attached hydrogens (primary N) is 1. The lowest BCUT2D eigenvalue weighted by atomic mass is 9.88.